The number of carboxylic acids is 1. The Kier molecular flexibility index (Phi) is 5.43. The van der Waals surface area contributed by atoms with Crippen molar-refractivity contribution in [3.63, 3.8) is 0 Å². The Morgan fingerprint density at radius 2 is 2.12 bits per heavy atom. The summed E-state index contributed by atoms with van der Waals surface area (Å²) in [5, 5.41) is 15.6. The third-order valence-corrected chi connectivity index (χ3v) is 6.12. The minimum absolute atomic E-state index is 0.152. The van der Waals surface area contributed by atoms with Gasteiger partial charge in [-0.2, -0.15) is 0 Å². The molecule has 33 heavy (non-hydrogen) atoms. The third kappa shape index (κ3) is 4.01. The van der Waals surface area contributed by atoms with Crippen LogP contribution in [0.5, 0.6) is 0 Å². The van der Waals surface area contributed by atoms with Crippen LogP contribution in [0.1, 0.15) is 27.9 Å². The summed E-state index contributed by atoms with van der Waals surface area (Å²) in [5.74, 6) is -0.426. The average molecular weight is 444 g/mol. The normalized spacial score (nSPS) is 17.3. The number of fused-ring (bicyclic) bond motifs is 2. The van der Waals surface area contributed by atoms with Crippen molar-refractivity contribution in [3.05, 3.63) is 82.9 Å². The molecule has 3 N–H and O–H groups in total. The van der Waals surface area contributed by atoms with E-state index in [-0.39, 0.29) is 5.91 Å². The number of carbonyl (C=O) groups excluding carboxylic acids is 1. The van der Waals surface area contributed by atoms with Crippen LogP contribution in [-0.2, 0) is 40.8 Å². The van der Waals surface area contributed by atoms with Gasteiger partial charge in [-0.15, -0.1) is 0 Å². The van der Waals surface area contributed by atoms with Gasteiger partial charge in [0.15, 0.2) is 0 Å². The van der Waals surface area contributed by atoms with Crippen molar-refractivity contribution in [1.82, 2.24) is 14.9 Å². The molecule has 2 aliphatic heterocycles. The van der Waals surface area contributed by atoms with Crippen molar-refractivity contribution >= 4 is 28.9 Å². The molecule has 0 fully saturated rings. The molecule has 168 valence electrons. The number of ether oxygens (including phenoxy) is 1. The minimum atomic E-state index is -0.884. The Balaban J connectivity index is 1.29. The van der Waals surface area contributed by atoms with Crippen molar-refractivity contribution < 1.29 is 19.4 Å². The molecule has 3 aromatic rings. The van der Waals surface area contributed by atoms with Crippen molar-refractivity contribution in [2.45, 2.75) is 25.5 Å². The topological polar surface area (TPSA) is 105 Å². The lowest BCUT2D eigenvalue weighted by molar-refractivity contribution is -0.139. The molecule has 2 aliphatic rings. The molecular weight excluding hydrogens is 420 g/mol. The highest BCUT2D eigenvalue weighted by Crippen LogP contribution is 2.41. The molecule has 0 radical (unpaired) electrons. The lowest BCUT2D eigenvalue weighted by atomic mass is 9.98. The number of aromatic nitrogens is 2. The fourth-order valence-corrected chi connectivity index (χ4v) is 4.35. The van der Waals surface area contributed by atoms with E-state index in [4.69, 9.17) is 4.74 Å². The van der Waals surface area contributed by atoms with Crippen LogP contribution in [0.4, 0.5) is 5.69 Å². The monoisotopic (exact) mass is 444 g/mol. The van der Waals surface area contributed by atoms with Crippen LogP contribution in [0.3, 0.4) is 0 Å². The Labute approximate surface area is 190 Å². The number of aliphatic carboxylic acids is 1. The Hall–Kier alpha value is -3.91. The standard InChI is InChI=1S/C25H24N4O4/c1-29-14-26-12-17(29)11-21(25(31)32)27-9-8-15-6-7-18-16(10-15)13-33-23(18)22-19-4-2-3-5-20(19)28-24(22)30/h2-7,10,12,14,21,27H,8-9,11,13H2,1H3,(H,28,30)(H,31,32)/t21-/m0/s1. The first kappa shape index (κ1) is 21.0. The summed E-state index contributed by atoms with van der Waals surface area (Å²) in [6.45, 7) is 0.932. The number of hydrogen-bond donors (Lipinski definition) is 3. The molecular formula is C25H24N4O4. The van der Waals surface area contributed by atoms with Gasteiger partial charge in [-0.05, 0) is 24.6 Å². The number of carboxylic acid groups (broad SMARTS) is 1. The van der Waals surface area contributed by atoms with Gasteiger partial charge in [-0.1, -0.05) is 36.4 Å². The molecule has 0 bridgehead atoms. The fraction of sp³-hybridized carbons (Fsp3) is 0.240. The second-order valence-corrected chi connectivity index (χ2v) is 8.28. The third-order valence-electron chi connectivity index (χ3n) is 6.12. The number of carbonyl (C=O) groups is 2. The zero-order valence-electron chi connectivity index (χ0n) is 18.2. The largest absolute Gasteiger partial charge is 0.487 e. The van der Waals surface area contributed by atoms with E-state index in [1.54, 1.807) is 12.5 Å². The van der Waals surface area contributed by atoms with E-state index in [1.165, 1.54) is 0 Å². The molecule has 1 atom stereocenters. The molecule has 8 heteroatoms. The van der Waals surface area contributed by atoms with Gasteiger partial charge in [0.1, 0.15) is 18.4 Å². The predicted molar refractivity (Wildman–Crippen MR) is 123 cm³/mol. The number of amides is 1. The molecule has 5 rings (SSSR count). The lowest BCUT2D eigenvalue weighted by Crippen LogP contribution is -2.40. The van der Waals surface area contributed by atoms with Crippen LogP contribution in [-0.4, -0.2) is 39.1 Å². The van der Waals surface area contributed by atoms with Crippen LogP contribution < -0.4 is 10.6 Å². The lowest BCUT2D eigenvalue weighted by Gasteiger charge is -2.15. The van der Waals surface area contributed by atoms with Gasteiger partial charge in [0, 0.05) is 47.7 Å². The van der Waals surface area contributed by atoms with Gasteiger partial charge in [-0.3, -0.25) is 9.59 Å². The molecule has 1 aromatic heterocycles. The molecule has 3 heterocycles. The number of para-hydroxylation sites is 1. The smallest absolute Gasteiger partial charge is 0.321 e. The molecule has 8 nitrogen and oxygen atoms in total. The first-order valence-corrected chi connectivity index (χ1v) is 10.8. The van der Waals surface area contributed by atoms with Crippen molar-refractivity contribution in [1.29, 1.82) is 0 Å². The number of aryl methyl sites for hydroxylation is 1. The van der Waals surface area contributed by atoms with Crippen molar-refractivity contribution in [2.75, 3.05) is 11.9 Å². The Morgan fingerprint density at radius 3 is 2.91 bits per heavy atom. The Bertz CT molecular complexity index is 1280. The van der Waals surface area contributed by atoms with Crippen LogP contribution in [0.25, 0.3) is 11.3 Å². The quantitative estimate of drug-likeness (QED) is 0.484. The highest BCUT2D eigenvalue weighted by molar-refractivity contribution is 6.36. The first-order valence-electron chi connectivity index (χ1n) is 10.8. The van der Waals surface area contributed by atoms with Crippen LogP contribution in [0.2, 0.25) is 0 Å². The fourth-order valence-electron chi connectivity index (χ4n) is 4.35. The number of benzene rings is 2. The molecule has 0 unspecified atom stereocenters. The zero-order chi connectivity index (χ0) is 22.9. The van der Waals surface area contributed by atoms with E-state index in [1.807, 2.05) is 48.0 Å². The summed E-state index contributed by atoms with van der Waals surface area (Å²) in [7, 11) is 1.85. The van der Waals surface area contributed by atoms with E-state index < -0.39 is 12.0 Å². The predicted octanol–water partition coefficient (Wildman–Crippen LogP) is 2.60. The maximum atomic E-state index is 12.6. The van der Waals surface area contributed by atoms with Crippen molar-refractivity contribution in [2.24, 2.45) is 7.05 Å². The molecule has 0 saturated heterocycles. The van der Waals surface area contributed by atoms with Gasteiger partial charge in [0.25, 0.3) is 5.91 Å². The molecule has 0 saturated carbocycles. The second kappa shape index (κ2) is 8.55. The molecule has 2 aromatic carbocycles. The van der Waals surface area contributed by atoms with Gasteiger partial charge >= 0.3 is 5.97 Å². The summed E-state index contributed by atoms with van der Waals surface area (Å²) in [6, 6.07) is 13.0. The summed E-state index contributed by atoms with van der Waals surface area (Å²) in [5.41, 5.74) is 6.11. The number of nitrogens with one attached hydrogen (secondary N) is 2. The average Bonchev–Trinajstić information content (AvgIpc) is 3.48. The summed E-state index contributed by atoms with van der Waals surface area (Å²) >= 11 is 0. The van der Waals surface area contributed by atoms with Gasteiger partial charge in [0.05, 0.1) is 11.9 Å². The summed E-state index contributed by atoms with van der Waals surface area (Å²) in [6.07, 6.45) is 4.40. The van der Waals surface area contributed by atoms with E-state index in [9.17, 15) is 14.7 Å². The minimum Gasteiger partial charge on any atom is -0.487 e. The summed E-state index contributed by atoms with van der Waals surface area (Å²) < 4.78 is 7.78. The van der Waals surface area contributed by atoms with E-state index in [2.05, 4.69) is 21.7 Å². The summed E-state index contributed by atoms with van der Waals surface area (Å²) in [4.78, 5) is 28.3. The van der Waals surface area contributed by atoms with Gasteiger partial charge in [-0.25, -0.2) is 4.98 Å². The molecule has 1 amide bonds. The first-order chi connectivity index (χ1) is 16.0. The second-order valence-electron chi connectivity index (χ2n) is 8.28. The van der Waals surface area contributed by atoms with E-state index in [0.717, 1.165) is 33.6 Å². The SMILES string of the molecule is Cn1cncc1C[C@H](NCCc1ccc2c(c1)COC2=C1C(=O)Nc2ccccc21)C(=O)O. The highest BCUT2D eigenvalue weighted by atomic mass is 16.5. The Morgan fingerprint density at radius 1 is 1.27 bits per heavy atom. The van der Waals surface area contributed by atoms with Gasteiger partial charge in [0.2, 0.25) is 0 Å². The zero-order valence-corrected chi connectivity index (χ0v) is 18.2. The van der Waals surface area contributed by atoms with Crippen LogP contribution >= 0.6 is 0 Å². The number of imidazole rings is 1. The molecule has 0 aliphatic carbocycles. The number of hydrogen-bond acceptors (Lipinski definition) is 5. The number of rotatable bonds is 7. The van der Waals surface area contributed by atoms with E-state index >= 15 is 0 Å². The van der Waals surface area contributed by atoms with Crippen molar-refractivity contribution in [3.8, 4) is 0 Å². The maximum absolute atomic E-state index is 12.6. The van der Waals surface area contributed by atoms with Crippen LogP contribution in [0.15, 0.2) is 55.0 Å². The van der Waals surface area contributed by atoms with E-state index in [0.29, 0.717) is 37.3 Å². The van der Waals surface area contributed by atoms with Gasteiger partial charge < -0.3 is 25.0 Å². The number of anilines is 1. The van der Waals surface area contributed by atoms with Crippen LogP contribution in [0, 0.1) is 0 Å². The highest BCUT2D eigenvalue weighted by Gasteiger charge is 2.32. The maximum Gasteiger partial charge on any atom is 0.321 e. The number of nitrogens with zero attached hydrogens (tertiary/aromatic N) is 2. The molecule has 0 spiro atoms.